The minimum atomic E-state index is 0. The molecule has 1 aliphatic carbocycles. The van der Waals surface area contributed by atoms with E-state index in [0.29, 0.717) is 24.3 Å². The van der Waals surface area contributed by atoms with Crippen LogP contribution in [0.25, 0.3) is 0 Å². The van der Waals surface area contributed by atoms with Gasteiger partial charge in [0.25, 0.3) is 5.91 Å². The van der Waals surface area contributed by atoms with Crippen LogP contribution >= 0.6 is 12.4 Å². The number of amides is 1. The molecular weight excluding hydrogens is 378 g/mol. The second kappa shape index (κ2) is 10.0. The molecule has 3 heterocycles. The summed E-state index contributed by atoms with van der Waals surface area (Å²) in [5.74, 6) is 0.798. The summed E-state index contributed by atoms with van der Waals surface area (Å²) in [5.41, 5.74) is 0.491. The number of nitrogens with zero attached hydrogens (tertiary/aromatic N) is 4. The molecule has 1 unspecified atom stereocenters. The third kappa shape index (κ3) is 5.05. The van der Waals surface area contributed by atoms with E-state index in [1.807, 2.05) is 10.9 Å². The van der Waals surface area contributed by atoms with E-state index in [1.54, 1.807) is 0 Å². The molecule has 1 saturated carbocycles. The van der Waals surface area contributed by atoms with E-state index in [2.05, 4.69) is 27.5 Å². The summed E-state index contributed by atoms with van der Waals surface area (Å²) in [7, 11) is 0. The van der Waals surface area contributed by atoms with Gasteiger partial charge in [-0.3, -0.25) is 4.79 Å². The number of piperidine rings is 1. The van der Waals surface area contributed by atoms with Gasteiger partial charge < -0.3 is 15.0 Å². The van der Waals surface area contributed by atoms with E-state index in [-0.39, 0.29) is 24.4 Å². The first-order valence-corrected chi connectivity index (χ1v) is 10.8. The van der Waals surface area contributed by atoms with Crippen LogP contribution in [0.1, 0.15) is 74.8 Å². The largest absolute Gasteiger partial charge is 0.376 e. The van der Waals surface area contributed by atoms with Gasteiger partial charge in [0.2, 0.25) is 0 Å². The lowest BCUT2D eigenvalue weighted by atomic mass is 9.86. The maximum Gasteiger partial charge on any atom is 0.276 e. The van der Waals surface area contributed by atoms with Crippen LogP contribution in [0.15, 0.2) is 6.20 Å². The third-order valence-electron chi connectivity index (χ3n) is 6.52. The molecule has 0 radical (unpaired) electrons. The molecule has 0 bridgehead atoms. The van der Waals surface area contributed by atoms with Crippen molar-refractivity contribution in [2.24, 2.45) is 5.92 Å². The maximum atomic E-state index is 13.4. The summed E-state index contributed by atoms with van der Waals surface area (Å²) in [6.45, 7) is 5.82. The van der Waals surface area contributed by atoms with Crippen molar-refractivity contribution in [3.8, 4) is 0 Å². The van der Waals surface area contributed by atoms with Crippen molar-refractivity contribution < 1.29 is 9.53 Å². The van der Waals surface area contributed by atoms with Crippen LogP contribution in [-0.2, 0) is 4.74 Å². The Morgan fingerprint density at radius 2 is 1.96 bits per heavy atom. The predicted molar refractivity (Wildman–Crippen MR) is 110 cm³/mol. The van der Waals surface area contributed by atoms with Gasteiger partial charge in [-0.2, -0.15) is 0 Å². The molecule has 2 saturated heterocycles. The standard InChI is InChI=1S/C20H33N5O2.ClH/c1-15-4-6-16(7-5-15)24(13-18-3-2-12-27-18)20(26)19-14-25(23-22-19)17-8-10-21-11-9-17;/h14-18,21H,2-13H2,1H3;1H. The Morgan fingerprint density at radius 1 is 1.21 bits per heavy atom. The van der Waals surface area contributed by atoms with E-state index < -0.39 is 0 Å². The lowest BCUT2D eigenvalue weighted by Gasteiger charge is -2.37. The van der Waals surface area contributed by atoms with E-state index >= 15 is 0 Å². The summed E-state index contributed by atoms with van der Waals surface area (Å²) in [6, 6.07) is 0.657. The number of carbonyl (C=O) groups is 1. The molecule has 1 amide bonds. The number of halogens is 1. The summed E-state index contributed by atoms with van der Waals surface area (Å²) in [4.78, 5) is 15.4. The number of hydrogen-bond donors (Lipinski definition) is 1. The Bertz CT molecular complexity index is 620. The molecule has 1 aromatic heterocycles. The Morgan fingerprint density at radius 3 is 2.64 bits per heavy atom. The molecule has 0 aromatic carbocycles. The zero-order chi connectivity index (χ0) is 18.6. The number of ether oxygens (including phenoxy) is 1. The van der Waals surface area contributed by atoms with Gasteiger partial charge in [0.15, 0.2) is 5.69 Å². The second-order valence-corrected chi connectivity index (χ2v) is 8.57. The number of aromatic nitrogens is 3. The van der Waals surface area contributed by atoms with Crippen LogP contribution < -0.4 is 5.32 Å². The molecule has 7 nitrogen and oxygen atoms in total. The van der Waals surface area contributed by atoms with Crippen LogP contribution in [0.2, 0.25) is 0 Å². The quantitative estimate of drug-likeness (QED) is 0.806. The van der Waals surface area contributed by atoms with Gasteiger partial charge in [0, 0.05) is 19.2 Å². The molecule has 1 N–H and O–H groups in total. The average Bonchev–Trinajstić information content (AvgIpc) is 3.39. The van der Waals surface area contributed by atoms with Gasteiger partial charge in [-0.15, -0.1) is 17.5 Å². The first kappa shape index (κ1) is 21.5. The molecular formula is C20H34ClN5O2. The number of rotatable bonds is 5. The highest BCUT2D eigenvalue weighted by Crippen LogP contribution is 2.29. The van der Waals surface area contributed by atoms with Crippen LogP contribution in [0.5, 0.6) is 0 Å². The van der Waals surface area contributed by atoms with Crippen molar-refractivity contribution in [3.63, 3.8) is 0 Å². The molecule has 4 rings (SSSR count). The fraction of sp³-hybridized carbons (Fsp3) is 0.850. The maximum absolute atomic E-state index is 13.4. The lowest BCUT2D eigenvalue weighted by molar-refractivity contribution is 0.0337. The van der Waals surface area contributed by atoms with Gasteiger partial charge in [-0.1, -0.05) is 12.1 Å². The molecule has 28 heavy (non-hydrogen) atoms. The van der Waals surface area contributed by atoms with Crippen molar-refractivity contribution in [3.05, 3.63) is 11.9 Å². The summed E-state index contributed by atoms with van der Waals surface area (Å²) >= 11 is 0. The van der Waals surface area contributed by atoms with E-state index in [1.165, 1.54) is 12.8 Å². The molecule has 0 spiro atoms. The average molecular weight is 412 g/mol. The first-order valence-electron chi connectivity index (χ1n) is 10.8. The minimum absolute atomic E-state index is 0. The predicted octanol–water partition coefficient (Wildman–Crippen LogP) is 2.82. The van der Waals surface area contributed by atoms with Crippen molar-refractivity contribution >= 4 is 18.3 Å². The molecule has 158 valence electrons. The number of nitrogens with one attached hydrogen (secondary N) is 1. The molecule has 1 atom stereocenters. The Kier molecular flexibility index (Phi) is 7.71. The van der Waals surface area contributed by atoms with Crippen LogP contribution in [0.4, 0.5) is 0 Å². The van der Waals surface area contributed by atoms with Gasteiger partial charge in [-0.25, -0.2) is 4.68 Å². The monoisotopic (exact) mass is 411 g/mol. The van der Waals surface area contributed by atoms with Gasteiger partial charge in [0.05, 0.1) is 18.3 Å². The summed E-state index contributed by atoms with van der Waals surface area (Å²) in [5, 5.41) is 11.9. The van der Waals surface area contributed by atoms with Crippen molar-refractivity contribution in [2.45, 2.75) is 76.5 Å². The molecule has 3 fully saturated rings. The van der Waals surface area contributed by atoms with Crippen molar-refractivity contribution in [2.75, 3.05) is 26.2 Å². The fourth-order valence-electron chi connectivity index (χ4n) is 4.73. The highest BCUT2D eigenvalue weighted by Gasteiger charge is 2.32. The van der Waals surface area contributed by atoms with E-state index in [4.69, 9.17) is 4.74 Å². The highest BCUT2D eigenvalue weighted by atomic mass is 35.5. The highest BCUT2D eigenvalue weighted by molar-refractivity contribution is 5.92. The van der Waals surface area contributed by atoms with Crippen LogP contribution in [-0.4, -0.2) is 64.2 Å². The lowest BCUT2D eigenvalue weighted by Crippen LogP contribution is -2.46. The van der Waals surface area contributed by atoms with E-state index in [0.717, 1.165) is 64.1 Å². The SMILES string of the molecule is CC1CCC(N(CC2CCCO2)C(=O)c2cn(C3CCNCC3)nn2)CC1.Cl. The molecule has 8 heteroatoms. The molecule has 2 aliphatic heterocycles. The third-order valence-corrected chi connectivity index (χ3v) is 6.52. The van der Waals surface area contributed by atoms with Crippen molar-refractivity contribution in [1.29, 1.82) is 0 Å². The number of hydrogen-bond acceptors (Lipinski definition) is 5. The van der Waals surface area contributed by atoms with Gasteiger partial charge >= 0.3 is 0 Å². The second-order valence-electron chi connectivity index (χ2n) is 8.57. The Balaban J connectivity index is 0.00000225. The fourth-order valence-corrected chi connectivity index (χ4v) is 4.73. The van der Waals surface area contributed by atoms with E-state index in [9.17, 15) is 4.79 Å². The Labute approximate surface area is 174 Å². The smallest absolute Gasteiger partial charge is 0.276 e. The van der Waals surface area contributed by atoms with Gasteiger partial charge in [0.1, 0.15) is 0 Å². The van der Waals surface area contributed by atoms with Crippen LogP contribution in [0.3, 0.4) is 0 Å². The normalized spacial score (nSPS) is 28.7. The van der Waals surface area contributed by atoms with Gasteiger partial charge in [-0.05, 0) is 70.4 Å². The zero-order valence-corrected chi connectivity index (χ0v) is 17.7. The number of carbonyl (C=O) groups excluding carboxylic acids is 1. The Hall–Kier alpha value is -1.18. The summed E-state index contributed by atoms with van der Waals surface area (Å²) < 4.78 is 7.74. The zero-order valence-electron chi connectivity index (χ0n) is 16.9. The topological polar surface area (TPSA) is 72.3 Å². The van der Waals surface area contributed by atoms with Crippen LogP contribution in [0, 0.1) is 5.92 Å². The molecule has 1 aromatic rings. The first-order chi connectivity index (χ1) is 13.2. The van der Waals surface area contributed by atoms with Crippen molar-refractivity contribution in [1.82, 2.24) is 25.2 Å². The minimum Gasteiger partial charge on any atom is -0.376 e. The molecule has 3 aliphatic rings. The summed E-state index contributed by atoms with van der Waals surface area (Å²) in [6.07, 6.45) is 10.8.